The van der Waals surface area contributed by atoms with Crippen molar-refractivity contribution in [3.05, 3.63) is 72.3 Å². The molecule has 0 unspecified atom stereocenters. The Morgan fingerprint density at radius 2 is 1.77 bits per heavy atom. The van der Waals surface area contributed by atoms with Gasteiger partial charge in [0.05, 0.1) is 30.4 Å². The number of aliphatic hydroxyl groups is 1. The van der Waals surface area contributed by atoms with Crippen molar-refractivity contribution >= 4 is 35.0 Å². The molecule has 0 bridgehead atoms. The van der Waals surface area contributed by atoms with Gasteiger partial charge in [-0.25, -0.2) is 9.59 Å². The van der Waals surface area contributed by atoms with Crippen molar-refractivity contribution in [3.8, 4) is 17.2 Å². The summed E-state index contributed by atoms with van der Waals surface area (Å²) in [5.74, 6) is 0.709. The zero-order valence-electron chi connectivity index (χ0n) is 24.2. The Morgan fingerprint density at radius 1 is 1.00 bits per heavy atom. The number of urea groups is 2. The number of nitrogens with one attached hydrogen (secondary N) is 3. The SMILES string of the molecule is C[C@@H]1CN([C@H](C)CO)C(=O)c2cccc(NC(=O)Nc3ccc4c(c3)OCO4)c2O[C@H]1CN(C)C(=O)Nc1ccccc1. The molecule has 5 rings (SSSR count). The predicted molar refractivity (Wildman–Crippen MR) is 161 cm³/mol. The van der Waals surface area contributed by atoms with Crippen molar-refractivity contribution in [1.82, 2.24) is 9.80 Å². The van der Waals surface area contributed by atoms with E-state index in [9.17, 15) is 19.5 Å². The Labute approximate surface area is 249 Å². The molecule has 0 spiro atoms. The van der Waals surface area contributed by atoms with Crippen LogP contribution in [0, 0.1) is 5.92 Å². The maximum atomic E-state index is 13.7. The molecule has 12 heteroatoms. The minimum absolute atomic E-state index is 0.112. The molecule has 0 aliphatic carbocycles. The molecule has 4 N–H and O–H groups in total. The lowest BCUT2D eigenvalue weighted by Gasteiger charge is -2.38. The standard InChI is InChI=1S/C31H35N5O7/c1-19-15-36(20(2)17-37)29(38)23-10-7-11-24(34-30(39)32-22-12-13-25-26(14-22)42-18-41-25)28(23)43-27(19)16-35(3)31(40)33-21-8-5-4-6-9-21/h4-14,19-20,27,37H,15-18H2,1-3H3,(H,33,40)(H2,32,34,39)/t19-,20-,27+/m1/s1. The summed E-state index contributed by atoms with van der Waals surface area (Å²) >= 11 is 0. The van der Waals surface area contributed by atoms with E-state index in [2.05, 4.69) is 16.0 Å². The number of hydrogen-bond donors (Lipinski definition) is 4. The van der Waals surface area contributed by atoms with Crippen LogP contribution in [0.3, 0.4) is 0 Å². The largest absolute Gasteiger partial charge is 0.485 e. The van der Waals surface area contributed by atoms with Crippen molar-refractivity contribution in [2.75, 3.05) is 49.5 Å². The number of anilines is 3. The highest BCUT2D eigenvalue weighted by Crippen LogP contribution is 2.36. The zero-order chi connectivity index (χ0) is 30.5. The predicted octanol–water partition coefficient (Wildman–Crippen LogP) is 4.44. The molecule has 2 heterocycles. The van der Waals surface area contributed by atoms with Crippen LogP contribution in [-0.4, -0.2) is 78.6 Å². The molecular weight excluding hydrogens is 554 g/mol. The van der Waals surface area contributed by atoms with Crippen LogP contribution in [0.1, 0.15) is 24.2 Å². The summed E-state index contributed by atoms with van der Waals surface area (Å²) in [4.78, 5) is 42.9. The topological polar surface area (TPSA) is 142 Å². The highest BCUT2D eigenvalue weighted by Gasteiger charge is 2.35. The number of carbonyl (C=O) groups is 3. The van der Waals surface area contributed by atoms with Gasteiger partial charge in [0.25, 0.3) is 5.91 Å². The summed E-state index contributed by atoms with van der Waals surface area (Å²) in [6.07, 6.45) is -0.563. The van der Waals surface area contributed by atoms with Gasteiger partial charge < -0.3 is 45.1 Å². The molecule has 2 aliphatic rings. The first-order valence-electron chi connectivity index (χ1n) is 14.0. The third-order valence-corrected chi connectivity index (χ3v) is 7.40. The van der Waals surface area contributed by atoms with Crippen molar-refractivity contribution in [1.29, 1.82) is 0 Å². The van der Waals surface area contributed by atoms with Gasteiger partial charge in [-0.3, -0.25) is 4.79 Å². The first-order valence-corrected chi connectivity index (χ1v) is 14.0. The number of aliphatic hydroxyl groups excluding tert-OH is 1. The molecule has 0 saturated carbocycles. The molecule has 5 amide bonds. The molecule has 3 aromatic rings. The normalized spacial score (nSPS) is 18.0. The van der Waals surface area contributed by atoms with Crippen molar-refractivity contribution in [3.63, 3.8) is 0 Å². The van der Waals surface area contributed by atoms with E-state index in [1.54, 1.807) is 67.4 Å². The van der Waals surface area contributed by atoms with Crippen LogP contribution in [0.5, 0.6) is 17.2 Å². The van der Waals surface area contributed by atoms with Crippen LogP contribution in [0.4, 0.5) is 26.7 Å². The highest BCUT2D eigenvalue weighted by atomic mass is 16.7. The fraction of sp³-hybridized carbons (Fsp3) is 0.323. The molecule has 43 heavy (non-hydrogen) atoms. The minimum atomic E-state index is -0.563. The number of amides is 5. The van der Waals surface area contributed by atoms with Gasteiger partial charge in [0, 0.05) is 37.0 Å². The zero-order valence-corrected chi connectivity index (χ0v) is 24.2. The average Bonchev–Trinajstić information content (AvgIpc) is 3.47. The van der Waals surface area contributed by atoms with Crippen molar-refractivity contribution < 1.29 is 33.7 Å². The number of nitrogens with zero attached hydrogens (tertiary/aromatic N) is 2. The van der Waals surface area contributed by atoms with Crippen LogP contribution in [0.2, 0.25) is 0 Å². The van der Waals surface area contributed by atoms with Gasteiger partial charge >= 0.3 is 12.1 Å². The molecular formula is C31H35N5O7. The Kier molecular flexibility index (Phi) is 8.86. The Hall–Kier alpha value is -4.97. The van der Waals surface area contributed by atoms with Gasteiger partial charge in [-0.1, -0.05) is 31.2 Å². The molecule has 0 fully saturated rings. The number of likely N-dealkylation sites (N-methyl/N-ethyl adjacent to an activating group) is 1. The van der Waals surface area contributed by atoms with Gasteiger partial charge in [0.1, 0.15) is 6.10 Å². The number of fused-ring (bicyclic) bond motifs is 2. The molecule has 0 aromatic heterocycles. The Morgan fingerprint density at radius 3 is 2.53 bits per heavy atom. The first kappa shape index (κ1) is 29.5. The Balaban J connectivity index is 1.40. The lowest BCUT2D eigenvalue weighted by molar-refractivity contribution is 0.0373. The van der Waals surface area contributed by atoms with Gasteiger partial charge in [0.15, 0.2) is 17.2 Å². The first-order chi connectivity index (χ1) is 20.7. The quantitative estimate of drug-likeness (QED) is 0.319. The van der Waals surface area contributed by atoms with Crippen LogP contribution in [0.15, 0.2) is 66.7 Å². The lowest BCUT2D eigenvalue weighted by Crippen LogP contribution is -2.50. The summed E-state index contributed by atoms with van der Waals surface area (Å²) in [7, 11) is 1.66. The maximum Gasteiger partial charge on any atom is 0.323 e. The molecule has 0 saturated heterocycles. The molecule has 226 valence electrons. The monoisotopic (exact) mass is 589 g/mol. The number of benzene rings is 3. The second kappa shape index (κ2) is 12.9. The van der Waals surface area contributed by atoms with Gasteiger partial charge in [-0.05, 0) is 43.3 Å². The van der Waals surface area contributed by atoms with E-state index in [1.165, 1.54) is 4.90 Å². The third-order valence-electron chi connectivity index (χ3n) is 7.40. The summed E-state index contributed by atoms with van der Waals surface area (Å²) in [5.41, 5.74) is 1.65. The van der Waals surface area contributed by atoms with Crippen LogP contribution in [0.25, 0.3) is 0 Å². The molecule has 12 nitrogen and oxygen atoms in total. The van der Waals surface area contributed by atoms with E-state index < -0.39 is 18.2 Å². The minimum Gasteiger partial charge on any atom is -0.485 e. The number of ether oxygens (including phenoxy) is 3. The summed E-state index contributed by atoms with van der Waals surface area (Å²) in [6.45, 7) is 4.05. The van der Waals surface area contributed by atoms with E-state index in [1.807, 2.05) is 25.1 Å². The third kappa shape index (κ3) is 6.75. The fourth-order valence-corrected chi connectivity index (χ4v) is 4.91. The number of carbonyl (C=O) groups excluding carboxylic acids is 3. The Bertz CT molecular complexity index is 1480. The second-order valence-corrected chi connectivity index (χ2v) is 10.6. The summed E-state index contributed by atoms with van der Waals surface area (Å²) in [5, 5.41) is 18.4. The van der Waals surface area contributed by atoms with Crippen molar-refractivity contribution in [2.24, 2.45) is 5.92 Å². The van der Waals surface area contributed by atoms with Crippen LogP contribution < -0.4 is 30.2 Å². The highest BCUT2D eigenvalue weighted by molar-refractivity contribution is 6.04. The van der Waals surface area contributed by atoms with Crippen molar-refractivity contribution in [2.45, 2.75) is 26.0 Å². The number of hydrogen-bond acceptors (Lipinski definition) is 7. The molecule has 3 aromatic carbocycles. The van der Waals surface area contributed by atoms with Crippen LogP contribution in [-0.2, 0) is 0 Å². The number of para-hydroxylation sites is 2. The summed E-state index contributed by atoms with van der Waals surface area (Å²) in [6, 6.07) is 17.7. The second-order valence-electron chi connectivity index (χ2n) is 10.6. The van der Waals surface area contributed by atoms with E-state index >= 15 is 0 Å². The maximum absolute atomic E-state index is 13.7. The fourth-order valence-electron chi connectivity index (χ4n) is 4.91. The van der Waals surface area contributed by atoms with Gasteiger partial charge in [-0.15, -0.1) is 0 Å². The number of rotatable bonds is 7. The average molecular weight is 590 g/mol. The summed E-state index contributed by atoms with van der Waals surface area (Å²) < 4.78 is 17.2. The van der Waals surface area contributed by atoms with E-state index in [0.717, 1.165) is 0 Å². The van der Waals surface area contributed by atoms with E-state index in [-0.39, 0.29) is 54.8 Å². The molecule has 0 radical (unpaired) electrons. The lowest BCUT2D eigenvalue weighted by atomic mass is 9.99. The van der Waals surface area contributed by atoms with Gasteiger partial charge in [0.2, 0.25) is 6.79 Å². The van der Waals surface area contributed by atoms with Crippen LogP contribution >= 0.6 is 0 Å². The molecule has 3 atom stereocenters. The van der Waals surface area contributed by atoms with E-state index in [0.29, 0.717) is 29.4 Å². The van der Waals surface area contributed by atoms with E-state index in [4.69, 9.17) is 14.2 Å². The smallest absolute Gasteiger partial charge is 0.323 e. The van der Waals surface area contributed by atoms with Gasteiger partial charge in [-0.2, -0.15) is 0 Å². The molecule has 2 aliphatic heterocycles.